The molecule has 0 amide bonds. The van der Waals surface area contributed by atoms with E-state index in [1.165, 1.54) is 20.5 Å². The fraction of sp³-hybridized carbons (Fsp3) is 0.0667. The smallest absolute Gasteiger partial charge is 0.146 e. The molecule has 1 N–H and O–H groups in total. The van der Waals surface area contributed by atoms with Gasteiger partial charge in [-0.3, -0.25) is 5.43 Å². The maximum Gasteiger partial charge on any atom is 0.146 e. The minimum absolute atomic E-state index is 0.748. The van der Waals surface area contributed by atoms with Gasteiger partial charge in [0.05, 0.1) is 11.1 Å². The number of pyridine rings is 1. The SMILES string of the molecule is Cc1c(/C=N\Nc2ccccn2)sc2ccccc12. The Morgan fingerprint density at radius 2 is 2.00 bits per heavy atom. The summed E-state index contributed by atoms with van der Waals surface area (Å²) in [4.78, 5) is 5.32. The van der Waals surface area contributed by atoms with Crippen molar-refractivity contribution in [2.75, 3.05) is 5.43 Å². The van der Waals surface area contributed by atoms with Gasteiger partial charge in [0.1, 0.15) is 5.82 Å². The lowest BCUT2D eigenvalue weighted by atomic mass is 10.1. The van der Waals surface area contributed by atoms with Crippen molar-refractivity contribution in [1.29, 1.82) is 0 Å². The second-order valence-electron chi connectivity index (χ2n) is 4.17. The van der Waals surface area contributed by atoms with Gasteiger partial charge in [0.15, 0.2) is 0 Å². The van der Waals surface area contributed by atoms with Crippen molar-refractivity contribution in [3.8, 4) is 0 Å². The first-order valence-electron chi connectivity index (χ1n) is 6.03. The van der Waals surface area contributed by atoms with Crippen LogP contribution < -0.4 is 5.43 Å². The maximum atomic E-state index is 4.24. The molecule has 19 heavy (non-hydrogen) atoms. The van der Waals surface area contributed by atoms with Gasteiger partial charge in [-0.05, 0) is 36.1 Å². The van der Waals surface area contributed by atoms with Crippen LogP contribution in [0.3, 0.4) is 0 Å². The zero-order valence-electron chi connectivity index (χ0n) is 10.5. The van der Waals surface area contributed by atoms with Crippen LogP contribution in [0.2, 0.25) is 0 Å². The number of thiophene rings is 1. The van der Waals surface area contributed by atoms with Gasteiger partial charge in [-0.2, -0.15) is 5.10 Å². The molecule has 94 valence electrons. The van der Waals surface area contributed by atoms with Gasteiger partial charge in [-0.1, -0.05) is 24.3 Å². The summed E-state index contributed by atoms with van der Waals surface area (Å²) >= 11 is 1.75. The van der Waals surface area contributed by atoms with Crippen LogP contribution in [-0.2, 0) is 0 Å². The van der Waals surface area contributed by atoms with Gasteiger partial charge in [0.2, 0.25) is 0 Å². The number of hydrogen-bond donors (Lipinski definition) is 1. The summed E-state index contributed by atoms with van der Waals surface area (Å²) < 4.78 is 1.29. The van der Waals surface area contributed by atoms with Crippen LogP contribution in [0.25, 0.3) is 10.1 Å². The molecular weight excluding hydrogens is 254 g/mol. The fourth-order valence-corrected chi connectivity index (χ4v) is 2.99. The number of aryl methyl sites for hydroxylation is 1. The van der Waals surface area contributed by atoms with Crippen LogP contribution in [-0.4, -0.2) is 11.2 Å². The van der Waals surface area contributed by atoms with Crippen molar-refractivity contribution >= 4 is 33.5 Å². The van der Waals surface area contributed by atoms with E-state index in [2.05, 4.69) is 46.7 Å². The van der Waals surface area contributed by atoms with E-state index in [9.17, 15) is 0 Å². The van der Waals surface area contributed by atoms with Crippen LogP contribution >= 0.6 is 11.3 Å². The summed E-state index contributed by atoms with van der Waals surface area (Å²) in [6, 6.07) is 14.1. The maximum absolute atomic E-state index is 4.24. The first-order chi connectivity index (χ1) is 9.34. The van der Waals surface area contributed by atoms with Gasteiger partial charge in [-0.25, -0.2) is 4.98 Å². The van der Waals surface area contributed by atoms with E-state index < -0.39 is 0 Å². The quantitative estimate of drug-likeness (QED) is 0.574. The first-order valence-corrected chi connectivity index (χ1v) is 6.84. The number of hydrogen-bond acceptors (Lipinski definition) is 4. The Labute approximate surface area is 115 Å². The molecule has 1 aromatic carbocycles. The van der Waals surface area contributed by atoms with E-state index in [-0.39, 0.29) is 0 Å². The van der Waals surface area contributed by atoms with Gasteiger partial charge < -0.3 is 0 Å². The molecule has 0 aliphatic rings. The third kappa shape index (κ3) is 2.48. The lowest BCUT2D eigenvalue weighted by Gasteiger charge is -1.96. The molecule has 0 saturated heterocycles. The molecular formula is C15H13N3S. The van der Waals surface area contributed by atoms with Crippen LogP contribution in [0.4, 0.5) is 5.82 Å². The summed E-state index contributed by atoms with van der Waals surface area (Å²) in [5.41, 5.74) is 4.20. The molecule has 3 rings (SSSR count). The third-order valence-corrected chi connectivity index (χ3v) is 4.11. The van der Waals surface area contributed by atoms with Crippen molar-refractivity contribution in [1.82, 2.24) is 4.98 Å². The Morgan fingerprint density at radius 3 is 2.79 bits per heavy atom. The molecule has 0 atom stereocenters. The largest absolute Gasteiger partial charge is 0.261 e. The molecule has 0 aliphatic carbocycles. The minimum atomic E-state index is 0.748. The summed E-state index contributed by atoms with van der Waals surface area (Å²) in [5, 5.41) is 5.54. The monoisotopic (exact) mass is 267 g/mol. The van der Waals surface area contributed by atoms with Gasteiger partial charge in [0.25, 0.3) is 0 Å². The molecule has 0 saturated carbocycles. The van der Waals surface area contributed by atoms with Crippen LogP contribution in [0.15, 0.2) is 53.8 Å². The molecule has 0 unspecified atom stereocenters. The summed E-state index contributed by atoms with van der Waals surface area (Å²) in [6.45, 7) is 2.13. The number of fused-ring (bicyclic) bond motifs is 1. The highest BCUT2D eigenvalue weighted by atomic mass is 32.1. The number of anilines is 1. The molecule has 0 spiro atoms. The molecule has 2 aromatic heterocycles. The van der Waals surface area contributed by atoms with E-state index in [1.807, 2.05) is 24.4 Å². The van der Waals surface area contributed by atoms with Gasteiger partial charge in [-0.15, -0.1) is 11.3 Å². The number of aromatic nitrogens is 1. The highest BCUT2D eigenvalue weighted by Crippen LogP contribution is 2.29. The molecule has 3 aromatic rings. The standard InChI is InChI=1S/C15H13N3S/c1-11-12-6-2-3-7-13(12)19-14(11)10-17-18-15-8-4-5-9-16-15/h2-10H,1H3,(H,16,18)/b17-10-. The molecule has 0 aliphatic heterocycles. The Balaban J connectivity index is 1.83. The molecule has 0 fully saturated rings. The average Bonchev–Trinajstić information content (AvgIpc) is 2.78. The van der Waals surface area contributed by atoms with Crippen LogP contribution in [0.1, 0.15) is 10.4 Å². The predicted molar refractivity (Wildman–Crippen MR) is 82.0 cm³/mol. The lowest BCUT2D eigenvalue weighted by molar-refractivity contribution is 1.23. The van der Waals surface area contributed by atoms with Crippen molar-refractivity contribution in [3.05, 3.63) is 59.1 Å². The van der Waals surface area contributed by atoms with Crippen molar-refractivity contribution in [2.45, 2.75) is 6.92 Å². The summed E-state index contributed by atoms with van der Waals surface area (Å²) in [7, 11) is 0. The first kappa shape index (κ1) is 11.9. The number of nitrogens with one attached hydrogen (secondary N) is 1. The normalized spacial score (nSPS) is 11.2. The van der Waals surface area contributed by atoms with Crippen LogP contribution in [0, 0.1) is 6.92 Å². The third-order valence-electron chi connectivity index (χ3n) is 2.91. The average molecular weight is 267 g/mol. The van der Waals surface area contributed by atoms with E-state index >= 15 is 0 Å². The van der Waals surface area contributed by atoms with Crippen molar-refractivity contribution in [3.63, 3.8) is 0 Å². The van der Waals surface area contributed by atoms with Gasteiger partial charge in [0, 0.05) is 10.9 Å². The number of benzene rings is 1. The number of hydrazone groups is 1. The Kier molecular flexibility index (Phi) is 3.25. The molecule has 3 nitrogen and oxygen atoms in total. The molecule has 0 bridgehead atoms. The second-order valence-corrected chi connectivity index (χ2v) is 5.26. The van der Waals surface area contributed by atoms with Crippen LogP contribution in [0.5, 0.6) is 0 Å². The van der Waals surface area contributed by atoms with Crippen molar-refractivity contribution in [2.24, 2.45) is 5.10 Å². The Hall–Kier alpha value is -2.20. The van der Waals surface area contributed by atoms with E-state index in [1.54, 1.807) is 17.5 Å². The Bertz CT molecular complexity index is 717. The predicted octanol–water partition coefficient (Wildman–Crippen LogP) is 4.05. The van der Waals surface area contributed by atoms with Gasteiger partial charge >= 0.3 is 0 Å². The summed E-state index contributed by atoms with van der Waals surface area (Å²) in [5.74, 6) is 0.748. The van der Waals surface area contributed by atoms with E-state index in [0.717, 1.165) is 5.82 Å². The molecule has 0 radical (unpaired) electrons. The second kappa shape index (κ2) is 5.20. The van der Waals surface area contributed by atoms with E-state index in [4.69, 9.17) is 0 Å². The zero-order chi connectivity index (χ0) is 13.1. The number of rotatable bonds is 3. The Morgan fingerprint density at radius 1 is 1.16 bits per heavy atom. The van der Waals surface area contributed by atoms with Crippen molar-refractivity contribution < 1.29 is 0 Å². The highest BCUT2D eigenvalue weighted by Gasteiger charge is 2.05. The summed E-state index contributed by atoms with van der Waals surface area (Å²) in [6.07, 6.45) is 3.59. The molecule has 4 heteroatoms. The highest BCUT2D eigenvalue weighted by molar-refractivity contribution is 7.20. The topological polar surface area (TPSA) is 37.3 Å². The zero-order valence-corrected chi connectivity index (χ0v) is 11.3. The van der Waals surface area contributed by atoms with E-state index in [0.29, 0.717) is 0 Å². The molecule has 2 heterocycles. The minimum Gasteiger partial charge on any atom is -0.261 e. The fourth-order valence-electron chi connectivity index (χ4n) is 1.90. The number of nitrogens with zero attached hydrogens (tertiary/aromatic N) is 2. The lowest BCUT2D eigenvalue weighted by Crippen LogP contribution is -1.92.